The summed E-state index contributed by atoms with van der Waals surface area (Å²) in [4.78, 5) is 13.3. The Labute approximate surface area is 132 Å². The molecule has 1 aromatic carbocycles. The number of likely N-dealkylation sites (tertiary alicyclic amines) is 1. The predicted molar refractivity (Wildman–Crippen MR) is 86.9 cm³/mol. The molecule has 2 N–H and O–H groups in total. The van der Waals surface area contributed by atoms with Crippen molar-refractivity contribution in [2.75, 3.05) is 13.1 Å². The zero-order chi connectivity index (χ0) is 16.5. The number of aliphatic hydroxyl groups is 1. The maximum atomic E-state index is 11.3. The second kappa shape index (κ2) is 6.01. The summed E-state index contributed by atoms with van der Waals surface area (Å²) in [6.07, 6.45) is 1.03. The first-order valence-electron chi connectivity index (χ1n) is 7.94. The first-order valence-corrected chi connectivity index (χ1v) is 7.94. The molecule has 0 amide bonds. The minimum Gasteiger partial charge on any atom is -0.479 e. The summed E-state index contributed by atoms with van der Waals surface area (Å²) < 4.78 is 0. The highest BCUT2D eigenvalue weighted by Gasteiger charge is 2.41. The van der Waals surface area contributed by atoms with Crippen molar-refractivity contribution < 1.29 is 15.0 Å². The number of β-amino-alcohol motifs (C(OH)–C–C–N with tert-alkyl or cyclic N) is 1. The van der Waals surface area contributed by atoms with Crippen molar-refractivity contribution in [3.63, 3.8) is 0 Å². The first kappa shape index (κ1) is 17.0. The van der Waals surface area contributed by atoms with Gasteiger partial charge in [-0.3, -0.25) is 4.90 Å². The highest BCUT2D eigenvalue weighted by atomic mass is 16.4. The van der Waals surface area contributed by atoms with Crippen LogP contribution in [0.5, 0.6) is 0 Å². The lowest BCUT2D eigenvalue weighted by Gasteiger charge is -2.39. The van der Waals surface area contributed by atoms with Gasteiger partial charge in [0.1, 0.15) is 0 Å². The van der Waals surface area contributed by atoms with Crippen LogP contribution >= 0.6 is 0 Å². The second-order valence-corrected chi connectivity index (χ2v) is 7.46. The zero-order valence-electron chi connectivity index (χ0n) is 14.0. The third-order valence-electron chi connectivity index (χ3n) is 4.71. The number of carbonyl (C=O) groups is 1. The molecule has 1 saturated heterocycles. The van der Waals surface area contributed by atoms with E-state index < -0.39 is 11.6 Å². The molecule has 2 atom stereocenters. The summed E-state index contributed by atoms with van der Waals surface area (Å²) in [5.41, 5.74) is 0.945. The number of hydrogen-bond donors (Lipinski definition) is 2. The van der Waals surface area contributed by atoms with E-state index in [-0.39, 0.29) is 18.0 Å². The highest BCUT2D eigenvalue weighted by Crippen LogP contribution is 2.30. The number of hydrogen-bond acceptors (Lipinski definition) is 3. The summed E-state index contributed by atoms with van der Waals surface area (Å²) in [6, 6.07) is 8.60. The van der Waals surface area contributed by atoms with Gasteiger partial charge in [-0.25, -0.2) is 4.79 Å². The van der Waals surface area contributed by atoms with Crippen LogP contribution in [0.1, 0.15) is 57.7 Å². The van der Waals surface area contributed by atoms with Gasteiger partial charge in [0.25, 0.3) is 0 Å². The van der Waals surface area contributed by atoms with E-state index in [0.29, 0.717) is 12.8 Å². The van der Waals surface area contributed by atoms with E-state index >= 15 is 0 Å². The van der Waals surface area contributed by atoms with Gasteiger partial charge < -0.3 is 10.2 Å². The Kier molecular flexibility index (Phi) is 4.64. The summed E-state index contributed by atoms with van der Waals surface area (Å²) in [6.45, 7) is 9.62. The molecule has 2 unspecified atom stereocenters. The molecular weight excluding hydrogens is 278 g/mol. The molecule has 1 aliphatic heterocycles. The number of carboxylic acid groups (broad SMARTS) is 1. The van der Waals surface area contributed by atoms with Crippen molar-refractivity contribution in [1.82, 2.24) is 4.90 Å². The van der Waals surface area contributed by atoms with Crippen LogP contribution in [0.25, 0.3) is 0 Å². The predicted octanol–water partition coefficient (Wildman–Crippen LogP) is 2.96. The van der Waals surface area contributed by atoms with Crippen molar-refractivity contribution in [2.45, 2.75) is 57.6 Å². The SMILES string of the molecule is CC(c1ccc(C(C)(C)C)cc1)N1CCCC(O)(C(=O)O)C1. The van der Waals surface area contributed by atoms with Crippen LogP contribution in [0, 0.1) is 0 Å². The van der Waals surface area contributed by atoms with Gasteiger partial charge in [0, 0.05) is 12.6 Å². The number of piperidine rings is 1. The Hall–Kier alpha value is -1.39. The number of aliphatic carboxylic acids is 1. The van der Waals surface area contributed by atoms with E-state index in [1.54, 1.807) is 0 Å². The average molecular weight is 305 g/mol. The minimum atomic E-state index is -1.61. The molecule has 22 heavy (non-hydrogen) atoms. The molecule has 0 radical (unpaired) electrons. The molecule has 0 saturated carbocycles. The molecule has 1 heterocycles. The first-order chi connectivity index (χ1) is 10.1. The van der Waals surface area contributed by atoms with Gasteiger partial charge in [-0.2, -0.15) is 0 Å². The quantitative estimate of drug-likeness (QED) is 0.901. The number of nitrogens with zero attached hydrogens (tertiary/aromatic N) is 1. The lowest BCUT2D eigenvalue weighted by atomic mass is 9.86. The maximum absolute atomic E-state index is 11.3. The van der Waals surface area contributed by atoms with Crippen LogP contribution in [0.2, 0.25) is 0 Å². The Bertz CT molecular complexity index is 532. The third kappa shape index (κ3) is 3.50. The van der Waals surface area contributed by atoms with Gasteiger partial charge in [0.15, 0.2) is 5.60 Å². The zero-order valence-corrected chi connectivity index (χ0v) is 14.0. The van der Waals surface area contributed by atoms with Crippen LogP contribution in [-0.4, -0.2) is 39.8 Å². The van der Waals surface area contributed by atoms with Gasteiger partial charge in [-0.1, -0.05) is 45.0 Å². The number of carboxylic acids is 1. The Morgan fingerprint density at radius 2 is 1.86 bits per heavy atom. The smallest absolute Gasteiger partial charge is 0.337 e. The van der Waals surface area contributed by atoms with Gasteiger partial charge in [0.2, 0.25) is 0 Å². The summed E-state index contributed by atoms with van der Waals surface area (Å²) in [5, 5.41) is 19.4. The summed E-state index contributed by atoms with van der Waals surface area (Å²) in [5.74, 6) is -1.12. The molecule has 0 aliphatic carbocycles. The van der Waals surface area contributed by atoms with Crippen LogP contribution in [0.15, 0.2) is 24.3 Å². The van der Waals surface area contributed by atoms with E-state index in [2.05, 4.69) is 56.9 Å². The Morgan fingerprint density at radius 1 is 1.27 bits per heavy atom. The van der Waals surface area contributed by atoms with Gasteiger partial charge >= 0.3 is 5.97 Å². The summed E-state index contributed by atoms with van der Waals surface area (Å²) in [7, 11) is 0. The van der Waals surface area contributed by atoms with Gasteiger partial charge in [-0.05, 0) is 42.9 Å². The van der Waals surface area contributed by atoms with E-state index in [1.807, 2.05) is 0 Å². The van der Waals surface area contributed by atoms with Crippen LogP contribution in [0.4, 0.5) is 0 Å². The molecule has 0 aromatic heterocycles. The van der Waals surface area contributed by atoms with E-state index in [9.17, 15) is 15.0 Å². The third-order valence-corrected chi connectivity index (χ3v) is 4.71. The van der Waals surface area contributed by atoms with E-state index in [1.165, 1.54) is 5.56 Å². The normalized spacial score (nSPS) is 25.0. The van der Waals surface area contributed by atoms with Crippen molar-refractivity contribution in [3.05, 3.63) is 35.4 Å². The van der Waals surface area contributed by atoms with Crippen LogP contribution < -0.4 is 0 Å². The van der Waals surface area contributed by atoms with E-state index in [0.717, 1.165) is 12.1 Å². The Morgan fingerprint density at radius 3 is 2.36 bits per heavy atom. The van der Waals surface area contributed by atoms with Crippen LogP contribution in [-0.2, 0) is 10.2 Å². The summed E-state index contributed by atoms with van der Waals surface area (Å²) >= 11 is 0. The fourth-order valence-electron chi connectivity index (χ4n) is 3.05. The number of rotatable bonds is 3. The fourth-order valence-corrected chi connectivity index (χ4v) is 3.05. The van der Waals surface area contributed by atoms with Crippen LogP contribution in [0.3, 0.4) is 0 Å². The van der Waals surface area contributed by atoms with Crippen molar-refractivity contribution in [3.8, 4) is 0 Å². The van der Waals surface area contributed by atoms with Gasteiger partial charge in [0.05, 0.1) is 0 Å². The van der Waals surface area contributed by atoms with Gasteiger partial charge in [-0.15, -0.1) is 0 Å². The van der Waals surface area contributed by atoms with Crippen molar-refractivity contribution in [2.24, 2.45) is 0 Å². The molecule has 2 rings (SSSR count). The molecule has 1 aromatic rings. The monoisotopic (exact) mass is 305 g/mol. The topological polar surface area (TPSA) is 60.8 Å². The standard InChI is InChI=1S/C18H27NO3/c1-13(14-6-8-15(9-7-14)17(2,3)4)19-11-5-10-18(22,12-19)16(20)21/h6-9,13,22H,5,10-12H2,1-4H3,(H,20,21). The highest BCUT2D eigenvalue weighted by molar-refractivity contribution is 5.77. The van der Waals surface area contributed by atoms with Crippen molar-refractivity contribution in [1.29, 1.82) is 0 Å². The Balaban J connectivity index is 2.14. The van der Waals surface area contributed by atoms with E-state index in [4.69, 9.17) is 0 Å². The maximum Gasteiger partial charge on any atom is 0.337 e. The molecule has 0 spiro atoms. The van der Waals surface area contributed by atoms with Crippen molar-refractivity contribution >= 4 is 5.97 Å². The second-order valence-electron chi connectivity index (χ2n) is 7.46. The molecule has 0 bridgehead atoms. The fraction of sp³-hybridized carbons (Fsp3) is 0.611. The molecule has 122 valence electrons. The molecule has 4 nitrogen and oxygen atoms in total. The largest absolute Gasteiger partial charge is 0.479 e. The minimum absolute atomic E-state index is 0.0974. The lowest BCUT2D eigenvalue weighted by molar-refractivity contribution is -0.165. The molecular formula is C18H27NO3. The molecule has 1 aliphatic rings. The molecule has 1 fully saturated rings. The average Bonchev–Trinajstić information content (AvgIpc) is 2.45. The number of benzene rings is 1. The lowest BCUT2D eigenvalue weighted by Crippen LogP contribution is -2.53. The molecule has 4 heteroatoms.